The van der Waals surface area contributed by atoms with E-state index >= 15 is 0 Å². The molecule has 0 saturated heterocycles. The summed E-state index contributed by atoms with van der Waals surface area (Å²) in [7, 11) is 0. The number of aryl methyl sites for hydroxylation is 1. The Morgan fingerprint density at radius 2 is 1.68 bits per heavy atom. The predicted octanol–water partition coefficient (Wildman–Crippen LogP) is 4.38. The third-order valence-electron chi connectivity index (χ3n) is 4.72. The normalized spacial score (nSPS) is 11.9. The zero-order chi connectivity index (χ0) is 20.7. The first-order chi connectivity index (χ1) is 13.3. The summed E-state index contributed by atoms with van der Waals surface area (Å²) in [4.78, 5) is 27.4. The lowest BCUT2D eigenvalue weighted by Crippen LogP contribution is -2.48. The zero-order valence-corrected chi connectivity index (χ0v) is 17.8. The minimum absolute atomic E-state index is 0.0854. The summed E-state index contributed by atoms with van der Waals surface area (Å²) in [5.74, 6) is 0.134. The topological polar surface area (TPSA) is 49.4 Å². The number of rotatable bonds is 8. The van der Waals surface area contributed by atoms with E-state index in [0.717, 1.165) is 16.7 Å². The van der Waals surface area contributed by atoms with Crippen LogP contribution in [-0.4, -0.2) is 29.3 Å². The molecule has 1 atom stereocenters. The van der Waals surface area contributed by atoms with Gasteiger partial charge in [0, 0.05) is 18.1 Å². The molecule has 4 nitrogen and oxygen atoms in total. The molecule has 0 bridgehead atoms. The summed E-state index contributed by atoms with van der Waals surface area (Å²) in [5, 5.41) is 3.57. The van der Waals surface area contributed by atoms with Crippen LogP contribution in [0.2, 0.25) is 5.02 Å². The molecule has 0 aromatic heterocycles. The van der Waals surface area contributed by atoms with Crippen molar-refractivity contribution in [2.75, 3.05) is 6.54 Å². The minimum atomic E-state index is -0.557. The highest BCUT2D eigenvalue weighted by molar-refractivity contribution is 6.30. The van der Waals surface area contributed by atoms with E-state index in [4.69, 9.17) is 11.6 Å². The molecular formula is C23H29ClN2O2. The molecule has 0 unspecified atom stereocenters. The number of carbonyl (C=O) groups is 2. The van der Waals surface area contributed by atoms with Crippen LogP contribution in [0.15, 0.2) is 48.5 Å². The Morgan fingerprint density at radius 1 is 1.04 bits per heavy atom. The molecule has 0 spiro atoms. The predicted molar refractivity (Wildman–Crippen MR) is 114 cm³/mol. The van der Waals surface area contributed by atoms with Crippen LogP contribution in [0.4, 0.5) is 0 Å². The number of amides is 2. The number of benzene rings is 2. The zero-order valence-electron chi connectivity index (χ0n) is 17.0. The van der Waals surface area contributed by atoms with Crippen molar-refractivity contribution in [1.82, 2.24) is 10.2 Å². The van der Waals surface area contributed by atoms with Crippen molar-refractivity contribution < 1.29 is 9.59 Å². The van der Waals surface area contributed by atoms with Crippen molar-refractivity contribution in [3.05, 3.63) is 70.2 Å². The molecule has 150 valence electrons. The average Bonchev–Trinajstić information content (AvgIpc) is 2.66. The molecule has 0 radical (unpaired) electrons. The number of carbonyl (C=O) groups excluding carboxylic acids is 2. The van der Waals surface area contributed by atoms with E-state index in [1.54, 1.807) is 24.0 Å². The quantitative estimate of drug-likeness (QED) is 0.714. The maximum absolute atomic E-state index is 13.1. The van der Waals surface area contributed by atoms with Crippen molar-refractivity contribution in [2.45, 2.75) is 46.7 Å². The van der Waals surface area contributed by atoms with E-state index in [-0.39, 0.29) is 18.2 Å². The van der Waals surface area contributed by atoms with Crippen molar-refractivity contribution in [3.8, 4) is 0 Å². The molecule has 0 aliphatic rings. The molecule has 0 fully saturated rings. The van der Waals surface area contributed by atoms with Gasteiger partial charge in [0.1, 0.15) is 6.04 Å². The Labute approximate surface area is 172 Å². The van der Waals surface area contributed by atoms with Gasteiger partial charge in [0.05, 0.1) is 6.42 Å². The third kappa shape index (κ3) is 6.38. The minimum Gasteiger partial charge on any atom is -0.354 e. The van der Waals surface area contributed by atoms with Crippen LogP contribution >= 0.6 is 11.6 Å². The summed E-state index contributed by atoms with van der Waals surface area (Å²) in [6.07, 6.45) is 0.227. The van der Waals surface area contributed by atoms with E-state index in [1.165, 1.54) is 0 Å². The van der Waals surface area contributed by atoms with Crippen molar-refractivity contribution in [3.63, 3.8) is 0 Å². The maximum atomic E-state index is 13.1. The molecule has 2 rings (SSSR count). The number of nitrogens with zero attached hydrogens (tertiary/aromatic N) is 1. The second-order valence-electron chi connectivity index (χ2n) is 7.57. The van der Waals surface area contributed by atoms with Gasteiger partial charge in [-0.2, -0.15) is 0 Å². The van der Waals surface area contributed by atoms with Gasteiger partial charge in [0.25, 0.3) is 0 Å². The molecule has 28 heavy (non-hydrogen) atoms. The van der Waals surface area contributed by atoms with Crippen LogP contribution in [0.25, 0.3) is 0 Å². The lowest BCUT2D eigenvalue weighted by molar-refractivity contribution is -0.140. The SMILES string of the molecule is Cc1ccccc1CN(C(=O)Cc1ccc(Cl)cc1)[C@@H](C)C(=O)NCC(C)C. The lowest BCUT2D eigenvalue weighted by Gasteiger charge is -2.29. The Morgan fingerprint density at radius 3 is 2.29 bits per heavy atom. The largest absolute Gasteiger partial charge is 0.354 e. The van der Waals surface area contributed by atoms with Crippen molar-refractivity contribution >= 4 is 23.4 Å². The first-order valence-corrected chi connectivity index (χ1v) is 10.0. The molecule has 0 saturated carbocycles. The highest BCUT2D eigenvalue weighted by Crippen LogP contribution is 2.16. The Balaban J connectivity index is 2.21. The van der Waals surface area contributed by atoms with Gasteiger partial charge >= 0.3 is 0 Å². The van der Waals surface area contributed by atoms with E-state index in [0.29, 0.717) is 24.0 Å². The van der Waals surface area contributed by atoms with Gasteiger partial charge in [0.15, 0.2) is 0 Å². The van der Waals surface area contributed by atoms with Gasteiger partial charge in [-0.05, 0) is 48.6 Å². The fraction of sp³-hybridized carbons (Fsp3) is 0.391. The van der Waals surface area contributed by atoms with Crippen LogP contribution in [0, 0.1) is 12.8 Å². The maximum Gasteiger partial charge on any atom is 0.242 e. The van der Waals surface area contributed by atoms with Gasteiger partial charge in [-0.15, -0.1) is 0 Å². The second-order valence-corrected chi connectivity index (χ2v) is 8.00. The Bertz CT molecular complexity index is 803. The highest BCUT2D eigenvalue weighted by atomic mass is 35.5. The van der Waals surface area contributed by atoms with Gasteiger partial charge < -0.3 is 10.2 Å². The van der Waals surface area contributed by atoms with Gasteiger partial charge in [0.2, 0.25) is 11.8 Å². The summed E-state index contributed by atoms with van der Waals surface area (Å²) < 4.78 is 0. The lowest BCUT2D eigenvalue weighted by atomic mass is 10.1. The van der Waals surface area contributed by atoms with Crippen molar-refractivity contribution in [2.24, 2.45) is 5.92 Å². The summed E-state index contributed by atoms with van der Waals surface area (Å²) in [6, 6.07) is 14.6. The van der Waals surface area contributed by atoms with E-state index < -0.39 is 6.04 Å². The fourth-order valence-corrected chi connectivity index (χ4v) is 3.01. The molecule has 0 aliphatic heterocycles. The molecule has 2 aromatic rings. The van der Waals surface area contributed by atoms with Crippen LogP contribution in [0.3, 0.4) is 0 Å². The third-order valence-corrected chi connectivity index (χ3v) is 4.97. The smallest absolute Gasteiger partial charge is 0.242 e. The van der Waals surface area contributed by atoms with Gasteiger partial charge in [-0.25, -0.2) is 0 Å². The molecule has 2 aromatic carbocycles. The summed E-state index contributed by atoms with van der Waals surface area (Å²) in [5.41, 5.74) is 3.01. The first kappa shape index (κ1) is 22.0. The second kappa shape index (κ2) is 10.3. The molecule has 1 N–H and O–H groups in total. The number of hydrogen-bond donors (Lipinski definition) is 1. The summed E-state index contributed by atoms with van der Waals surface area (Å²) in [6.45, 7) is 8.87. The molecule has 2 amide bonds. The fourth-order valence-electron chi connectivity index (χ4n) is 2.88. The van der Waals surface area contributed by atoms with Gasteiger partial charge in [-0.1, -0.05) is 61.8 Å². The molecule has 0 aliphatic carbocycles. The number of nitrogens with one attached hydrogen (secondary N) is 1. The Hall–Kier alpha value is -2.33. The number of halogens is 1. The standard InChI is InChI=1S/C23H29ClN2O2/c1-16(2)14-25-23(28)18(4)26(15-20-8-6-5-7-17(20)3)22(27)13-19-9-11-21(24)12-10-19/h5-12,16,18H,13-15H2,1-4H3,(H,25,28)/t18-/m0/s1. The number of hydrogen-bond acceptors (Lipinski definition) is 2. The van der Waals surface area contributed by atoms with Crippen LogP contribution in [-0.2, 0) is 22.6 Å². The highest BCUT2D eigenvalue weighted by Gasteiger charge is 2.26. The van der Waals surface area contributed by atoms with Gasteiger partial charge in [-0.3, -0.25) is 9.59 Å². The monoisotopic (exact) mass is 400 g/mol. The summed E-state index contributed by atoms with van der Waals surface area (Å²) >= 11 is 5.94. The van der Waals surface area contributed by atoms with Crippen molar-refractivity contribution in [1.29, 1.82) is 0 Å². The van der Waals surface area contributed by atoms with E-state index in [1.807, 2.05) is 57.2 Å². The van der Waals surface area contributed by atoms with E-state index in [9.17, 15) is 9.59 Å². The van der Waals surface area contributed by atoms with Crippen LogP contribution in [0.1, 0.15) is 37.5 Å². The average molecular weight is 401 g/mol. The molecule has 5 heteroatoms. The first-order valence-electron chi connectivity index (χ1n) is 9.64. The van der Waals surface area contributed by atoms with Crippen LogP contribution < -0.4 is 5.32 Å². The van der Waals surface area contributed by atoms with Crippen LogP contribution in [0.5, 0.6) is 0 Å². The Kier molecular flexibility index (Phi) is 8.06. The van der Waals surface area contributed by atoms with E-state index in [2.05, 4.69) is 5.32 Å². The molecular weight excluding hydrogens is 372 g/mol. The molecule has 0 heterocycles.